The number of aryl methyl sites for hydroxylation is 2. The van der Waals surface area contributed by atoms with Crippen LogP contribution in [0.4, 0.5) is 5.13 Å². The second-order valence-electron chi connectivity index (χ2n) is 9.70. The van der Waals surface area contributed by atoms with Crippen molar-refractivity contribution in [1.29, 1.82) is 0 Å². The van der Waals surface area contributed by atoms with E-state index in [0.717, 1.165) is 26.7 Å². The molecule has 41 heavy (non-hydrogen) atoms. The van der Waals surface area contributed by atoms with Crippen molar-refractivity contribution in [3.8, 4) is 17.2 Å². The Kier molecular flexibility index (Phi) is 6.42. The van der Waals surface area contributed by atoms with Crippen molar-refractivity contribution in [2.24, 2.45) is 0 Å². The van der Waals surface area contributed by atoms with E-state index in [9.17, 15) is 14.7 Å². The number of carbonyl (C=O) groups is 2. The predicted molar refractivity (Wildman–Crippen MR) is 156 cm³/mol. The highest BCUT2D eigenvalue weighted by atomic mass is 32.1. The summed E-state index contributed by atoms with van der Waals surface area (Å²) < 4.78 is 23.3. The number of carbonyl (C=O) groups excluding carboxylic acids is 2. The number of Topliss-reactive ketones (excluding diaryl/α,β-unsaturated/α-hetero) is 1. The molecular weight excluding hydrogens is 544 g/mol. The highest BCUT2D eigenvalue weighted by Gasteiger charge is 2.47. The molecule has 1 N–H and O–H groups in total. The standard InChI is InChI=1S/C31H26N2O7S/c1-15-10-16(2)25-23(11-15)41-31(32-25)33-26(18-13-21(37-3)29(39-5)22(14-18)38-4)24(28(35)30(33)36)27(34)20-12-17-8-6-7-9-19(17)40-20/h6-14,26,35H,1-5H3/t26-/m1/s1. The first-order valence-electron chi connectivity index (χ1n) is 12.7. The van der Waals surface area contributed by atoms with E-state index in [2.05, 4.69) is 0 Å². The summed E-state index contributed by atoms with van der Waals surface area (Å²) >= 11 is 1.30. The van der Waals surface area contributed by atoms with Crippen molar-refractivity contribution < 1.29 is 33.3 Å². The smallest absolute Gasteiger partial charge is 0.296 e. The van der Waals surface area contributed by atoms with Crippen LogP contribution in [0.25, 0.3) is 21.2 Å². The third-order valence-corrected chi connectivity index (χ3v) is 8.13. The Morgan fingerprint density at radius 1 is 1.00 bits per heavy atom. The van der Waals surface area contributed by atoms with Crippen molar-refractivity contribution in [1.82, 2.24) is 4.98 Å². The van der Waals surface area contributed by atoms with E-state index in [1.807, 2.05) is 38.1 Å². The predicted octanol–water partition coefficient (Wildman–Crippen LogP) is 6.47. The minimum absolute atomic E-state index is 0.00406. The summed E-state index contributed by atoms with van der Waals surface area (Å²) in [5.74, 6) is -1.06. The molecule has 0 unspecified atom stereocenters. The number of furan rings is 1. The second kappa shape index (κ2) is 9.97. The number of ether oxygens (including phenoxy) is 3. The molecule has 3 heterocycles. The third kappa shape index (κ3) is 4.18. The number of fused-ring (bicyclic) bond motifs is 2. The zero-order valence-corrected chi connectivity index (χ0v) is 23.8. The van der Waals surface area contributed by atoms with Crippen LogP contribution in [-0.4, -0.2) is 43.1 Å². The maximum absolute atomic E-state index is 14.0. The number of nitrogens with zero attached hydrogens (tertiary/aromatic N) is 2. The Morgan fingerprint density at radius 2 is 1.71 bits per heavy atom. The maximum Gasteiger partial charge on any atom is 0.296 e. The van der Waals surface area contributed by atoms with Crippen LogP contribution in [-0.2, 0) is 4.79 Å². The summed E-state index contributed by atoms with van der Waals surface area (Å²) in [6, 6.07) is 15.0. The molecular formula is C31H26N2O7S. The molecule has 0 fully saturated rings. The zero-order valence-electron chi connectivity index (χ0n) is 23.0. The summed E-state index contributed by atoms with van der Waals surface area (Å²) in [5.41, 5.74) is 3.57. The molecule has 0 spiro atoms. The number of hydrogen-bond acceptors (Lipinski definition) is 9. The molecule has 2 aromatic heterocycles. The molecule has 0 bridgehead atoms. The number of ketones is 1. The van der Waals surface area contributed by atoms with Gasteiger partial charge in [0.2, 0.25) is 11.5 Å². The van der Waals surface area contributed by atoms with E-state index >= 15 is 0 Å². The minimum atomic E-state index is -1.07. The van der Waals surface area contributed by atoms with E-state index in [4.69, 9.17) is 23.6 Å². The van der Waals surface area contributed by atoms with Crippen molar-refractivity contribution in [2.45, 2.75) is 19.9 Å². The number of benzene rings is 3. The fraction of sp³-hybridized carbons (Fsp3) is 0.194. The normalized spacial score (nSPS) is 15.3. The van der Waals surface area contributed by atoms with Gasteiger partial charge in [0, 0.05) is 5.39 Å². The molecule has 1 amide bonds. The minimum Gasteiger partial charge on any atom is -0.503 e. The van der Waals surface area contributed by atoms with Crippen molar-refractivity contribution in [3.63, 3.8) is 0 Å². The fourth-order valence-corrected chi connectivity index (χ4v) is 6.47. The lowest BCUT2D eigenvalue weighted by Gasteiger charge is -2.25. The van der Waals surface area contributed by atoms with Crippen LogP contribution >= 0.6 is 11.3 Å². The lowest BCUT2D eigenvalue weighted by Crippen LogP contribution is -2.31. The largest absolute Gasteiger partial charge is 0.503 e. The first kappa shape index (κ1) is 26.4. The number of hydrogen-bond donors (Lipinski definition) is 1. The molecule has 9 nitrogen and oxygen atoms in total. The Morgan fingerprint density at radius 3 is 2.37 bits per heavy atom. The maximum atomic E-state index is 14.0. The number of rotatable bonds is 7. The molecule has 1 aliphatic rings. The molecule has 3 aromatic carbocycles. The molecule has 0 radical (unpaired) electrons. The van der Waals surface area contributed by atoms with Crippen LogP contribution in [0.5, 0.6) is 17.2 Å². The van der Waals surface area contributed by atoms with Crippen LogP contribution < -0.4 is 19.1 Å². The highest BCUT2D eigenvalue weighted by Crippen LogP contribution is 2.48. The first-order valence-corrected chi connectivity index (χ1v) is 13.5. The molecule has 208 valence electrons. The van der Waals surface area contributed by atoms with E-state index < -0.39 is 23.5 Å². The quantitative estimate of drug-likeness (QED) is 0.222. The van der Waals surface area contributed by atoms with Crippen molar-refractivity contribution in [2.75, 3.05) is 26.2 Å². The van der Waals surface area contributed by atoms with Gasteiger partial charge in [-0.1, -0.05) is 35.6 Å². The summed E-state index contributed by atoms with van der Waals surface area (Å²) in [5, 5.41) is 12.3. The number of thiazole rings is 1. The van der Waals surface area contributed by atoms with Gasteiger partial charge in [0.05, 0.1) is 43.2 Å². The Hall–Kier alpha value is -4.83. The van der Waals surface area contributed by atoms with Gasteiger partial charge in [-0.3, -0.25) is 14.5 Å². The van der Waals surface area contributed by atoms with Gasteiger partial charge in [0.1, 0.15) is 5.58 Å². The van der Waals surface area contributed by atoms with Gasteiger partial charge in [0.15, 0.2) is 28.1 Å². The fourth-order valence-electron chi connectivity index (χ4n) is 5.30. The number of aromatic nitrogens is 1. The summed E-state index contributed by atoms with van der Waals surface area (Å²) in [7, 11) is 4.44. The average molecular weight is 571 g/mol. The summed E-state index contributed by atoms with van der Waals surface area (Å²) in [4.78, 5) is 33.9. The van der Waals surface area contributed by atoms with E-state index in [1.165, 1.54) is 37.6 Å². The third-order valence-electron chi connectivity index (χ3n) is 7.13. The van der Waals surface area contributed by atoms with E-state index in [0.29, 0.717) is 33.5 Å². The molecule has 1 aliphatic heterocycles. The van der Waals surface area contributed by atoms with Crippen molar-refractivity contribution in [3.05, 3.63) is 88.4 Å². The van der Waals surface area contributed by atoms with E-state index in [1.54, 1.807) is 30.3 Å². The Labute approximate surface area is 239 Å². The van der Waals surface area contributed by atoms with Crippen LogP contribution in [0.1, 0.15) is 33.3 Å². The molecule has 5 aromatic rings. The number of aliphatic hydroxyl groups excluding tert-OH is 1. The molecule has 10 heteroatoms. The zero-order chi connectivity index (χ0) is 29.0. The van der Waals surface area contributed by atoms with Gasteiger partial charge in [-0.2, -0.15) is 0 Å². The number of methoxy groups -OCH3 is 3. The highest BCUT2D eigenvalue weighted by molar-refractivity contribution is 7.22. The summed E-state index contributed by atoms with van der Waals surface area (Å²) in [6.07, 6.45) is 0. The molecule has 6 rings (SSSR count). The van der Waals surface area contributed by atoms with Gasteiger partial charge >= 0.3 is 0 Å². The van der Waals surface area contributed by atoms with Crippen LogP contribution in [0, 0.1) is 13.8 Å². The molecule has 0 saturated carbocycles. The van der Waals surface area contributed by atoms with Gasteiger partial charge in [-0.15, -0.1) is 0 Å². The van der Waals surface area contributed by atoms with Gasteiger partial charge in [-0.05, 0) is 60.9 Å². The number of para-hydroxylation sites is 1. The number of amides is 1. The first-order chi connectivity index (χ1) is 19.7. The topological polar surface area (TPSA) is 111 Å². The SMILES string of the molecule is COc1cc([C@@H]2C(C(=O)c3cc4ccccc4o3)=C(O)C(=O)N2c2nc3c(C)cc(C)cc3s2)cc(OC)c1OC. The second-order valence-corrected chi connectivity index (χ2v) is 10.7. The summed E-state index contributed by atoms with van der Waals surface area (Å²) in [6.45, 7) is 3.94. The average Bonchev–Trinajstić information content (AvgIpc) is 3.66. The number of aliphatic hydroxyl groups is 1. The van der Waals surface area contributed by atoms with Crippen LogP contribution in [0.2, 0.25) is 0 Å². The van der Waals surface area contributed by atoms with Crippen LogP contribution in [0.3, 0.4) is 0 Å². The van der Waals surface area contributed by atoms with Gasteiger partial charge < -0.3 is 23.7 Å². The monoisotopic (exact) mass is 570 g/mol. The molecule has 0 saturated heterocycles. The van der Waals surface area contributed by atoms with E-state index in [-0.39, 0.29) is 11.3 Å². The molecule has 1 atom stereocenters. The lowest BCUT2D eigenvalue weighted by molar-refractivity contribution is -0.117. The van der Waals surface area contributed by atoms with Gasteiger partial charge in [-0.25, -0.2) is 4.98 Å². The lowest BCUT2D eigenvalue weighted by atomic mass is 9.94. The van der Waals surface area contributed by atoms with Gasteiger partial charge in [0.25, 0.3) is 5.91 Å². The molecule has 0 aliphatic carbocycles. The Bertz CT molecular complexity index is 1840. The Balaban J connectivity index is 1.57. The number of anilines is 1. The van der Waals surface area contributed by atoms with Crippen molar-refractivity contribution >= 4 is 49.3 Å². The van der Waals surface area contributed by atoms with Crippen LogP contribution in [0.15, 0.2) is 70.3 Å².